The third-order valence-electron chi connectivity index (χ3n) is 6.01. The van der Waals surface area contributed by atoms with Gasteiger partial charge in [0.1, 0.15) is 0 Å². The smallest absolute Gasteiger partial charge is 0.237 e. The molecule has 4 aromatic rings. The number of imidazole rings is 1. The number of nitrogens with one attached hydrogen (secondary N) is 2. The molecule has 2 heterocycles. The lowest BCUT2D eigenvalue weighted by molar-refractivity contribution is -0.125. The number of thioether (sulfide) groups is 1. The highest BCUT2D eigenvalue weighted by Gasteiger charge is 2.37. The molecule has 162 valence electrons. The molecule has 1 aromatic heterocycles. The van der Waals surface area contributed by atoms with Crippen LogP contribution in [0.2, 0.25) is 0 Å². The quantitative estimate of drug-likeness (QED) is 0.454. The molecule has 0 bridgehead atoms. The van der Waals surface area contributed by atoms with E-state index in [1.165, 1.54) is 16.7 Å². The third kappa shape index (κ3) is 4.42. The molecule has 32 heavy (non-hydrogen) atoms. The number of amides is 1. The van der Waals surface area contributed by atoms with Gasteiger partial charge in [-0.3, -0.25) is 9.69 Å². The predicted molar refractivity (Wildman–Crippen MR) is 130 cm³/mol. The number of aromatic nitrogens is 2. The van der Waals surface area contributed by atoms with Gasteiger partial charge < -0.3 is 10.3 Å². The molecule has 5 nitrogen and oxygen atoms in total. The summed E-state index contributed by atoms with van der Waals surface area (Å²) < 4.78 is 0. The molecule has 5 rings (SSSR count). The highest BCUT2D eigenvalue weighted by atomic mass is 32.2. The lowest BCUT2D eigenvalue weighted by Gasteiger charge is -2.23. The molecule has 2 atom stereocenters. The van der Waals surface area contributed by atoms with E-state index < -0.39 is 0 Å². The summed E-state index contributed by atoms with van der Waals surface area (Å²) in [6.45, 7) is 1.60. The first-order valence-corrected chi connectivity index (χ1v) is 11.8. The fraction of sp³-hybridized carbons (Fsp3) is 0.231. The average molecular weight is 443 g/mol. The zero-order valence-electron chi connectivity index (χ0n) is 18.0. The van der Waals surface area contributed by atoms with E-state index in [1.54, 1.807) is 18.8 Å². The van der Waals surface area contributed by atoms with Crippen LogP contribution in [0.1, 0.15) is 12.0 Å². The number of benzene rings is 3. The summed E-state index contributed by atoms with van der Waals surface area (Å²) in [6, 6.07) is 27.0. The Morgan fingerprint density at radius 3 is 2.50 bits per heavy atom. The van der Waals surface area contributed by atoms with Crippen LogP contribution in [0, 0.1) is 0 Å². The molecule has 0 spiro atoms. The second-order valence-corrected chi connectivity index (χ2v) is 9.45. The van der Waals surface area contributed by atoms with Crippen molar-refractivity contribution < 1.29 is 4.79 Å². The van der Waals surface area contributed by atoms with Gasteiger partial charge in [-0.2, -0.15) is 0 Å². The van der Waals surface area contributed by atoms with E-state index in [0.717, 1.165) is 35.7 Å². The number of likely N-dealkylation sites (N-methyl/N-ethyl adjacent to an activating group) is 1. The van der Waals surface area contributed by atoms with Gasteiger partial charge in [-0.25, -0.2) is 4.98 Å². The van der Waals surface area contributed by atoms with E-state index >= 15 is 0 Å². The maximum atomic E-state index is 12.6. The fourth-order valence-corrected chi connectivity index (χ4v) is 5.55. The van der Waals surface area contributed by atoms with Crippen molar-refractivity contribution in [3.05, 3.63) is 84.4 Å². The van der Waals surface area contributed by atoms with Crippen LogP contribution in [0.3, 0.4) is 0 Å². The first-order valence-electron chi connectivity index (χ1n) is 10.9. The second-order valence-electron chi connectivity index (χ2n) is 8.16. The van der Waals surface area contributed by atoms with E-state index in [1.807, 2.05) is 30.3 Å². The molecule has 6 heteroatoms. The average Bonchev–Trinajstić information content (AvgIpc) is 3.43. The Hall–Kier alpha value is -3.09. The van der Waals surface area contributed by atoms with Crippen molar-refractivity contribution >= 4 is 28.7 Å². The summed E-state index contributed by atoms with van der Waals surface area (Å²) in [7, 11) is 1.72. The Morgan fingerprint density at radius 2 is 1.75 bits per heavy atom. The van der Waals surface area contributed by atoms with Crippen LogP contribution in [0.25, 0.3) is 22.2 Å². The van der Waals surface area contributed by atoms with Gasteiger partial charge in [0.2, 0.25) is 5.91 Å². The van der Waals surface area contributed by atoms with Crippen molar-refractivity contribution in [3.8, 4) is 11.1 Å². The van der Waals surface area contributed by atoms with Gasteiger partial charge in [0, 0.05) is 25.4 Å². The lowest BCUT2D eigenvalue weighted by atomic mass is 10.0. The van der Waals surface area contributed by atoms with Crippen molar-refractivity contribution in [2.75, 3.05) is 13.6 Å². The number of fused-ring (bicyclic) bond motifs is 1. The Labute approximate surface area is 192 Å². The molecule has 1 aliphatic rings. The molecule has 0 saturated carbocycles. The van der Waals surface area contributed by atoms with Gasteiger partial charge in [-0.1, -0.05) is 78.5 Å². The molecule has 1 saturated heterocycles. The van der Waals surface area contributed by atoms with Crippen LogP contribution in [-0.4, -0.2) is 45.7 Å². The normalized spacial score (nSPS) is 18.8. The van der Waals surface area contributed by atoms with E-state index in [2.05, 4.69) is 63.7 Å². The monoisotopic (exact) mass is 442 g/mol. The second kappa shape index (κ2) is 9.18. The van der Waals surface area contributed by atoms with E-state index in [0.29, 0.717) is 5.25 Å². The summed E-state index contributed by atoms with van der Waals surface area (Å²) >= 11 is 1.73. The highest BCUT2D eigenvalue weighted by molar-refractivity contribution is 7.99. The SMILES string of the molecule is CNC(=O)[C@@H]1C[C@H](Sc2nc3ccccc3[nH]2)CN1Cc1ccc(-c2ccccc2)cc1. The summed E-state index contributed by atoms with van der Waals surface area (Å²) in [4.78, 5) is 23.0. The Balaban J connectivity index is 1.30. The minimum absolute atomic E-state index is 0.0820. The Kier molecular flexibility index (Phi) is 5.97. The van der Waals surface area contributed by atoms with Crippen LogP contribution in [-0.2, 0) is 11.3 Å². The van der Waals surface area contributed by atoms with Crippen LogP contribution in [0.15, 0.2) is 84.0 Å². The molecule has 2 N–H and O–H groups in total. The van der Waals surface area contributed by atoms with Crippen molar-refractivity contribution in [1.29, 1.82) is 0 Å². The highest BCUT2D eigenvalue weighted by Crippen LogP contribution is 2.33. The Bertz CT molecular complexity index is 1170. The van der Waals surface area contributed by atoms with Gasteiger partial charge in [-0.05, 0) is 35.2 Å². The standard InChI is InChI=1S/C26H26N4OS/c1-27-25(31)24-15-21(32-26-28-22-9-5-6-10-23(22)29-26)17-30(24)16-18-11-13-20(14-12-18)19-7-3-2-4-8-19/h2-14,21,24H,15-17H2,1H3,(H,27,31)(H,28,29)/t21-,24-/m0/s1. The maximum absolute atomic E-state index is 12.6. The molecule has 0 radical (unpaired) electrons. The largest absolute Gasteiger partial charge is 0.358 e. The number of para-hydroxylation sites is 2. The van der Waals surface area contributed by atoms with E-state index in [-0.39, 0.29) is 11.9 Å². The van der Waals surface area contributed by atoms with Crippen molar-refractivity contribution in [2.45, 2.75) is 29.4 Å². The van der Waals surface area contributed by atoms with Crippen molar-refractivity contribution in [1.82, 2.24) is 20.2 Å². The fourth-order valence-electron chi connectivity index (χ4n) is 4.37. The molecule has 3 aromatic carbocycles. The van der Waals surface area contributed by atoms with Gasteiger partial charge in [0.25, 0.3) is 0 Å². The molecule has 0 unspecified atom stereocenters. The Morgan fingerprint density at radius 1 is 1.03 bits per heavy atom. The summed E-state index contributed by atoms with van der Waals surface area (Å²) in [5.41, 5.74) is 5.66. The number of carbonyl (C=O) groups is 1. The molecule has 1 fully saturated rings. The zero-order valence-corrected chi connectivity index (χ0v) is 18.8. The number of aromatic amines is 1. The number of likely N-dealkylation sites (tertiary alicyclic amines) is 1. The van der Waals surface area contributed by atoms with Crippen LogP contribution in [0.5, 0.6) is 0 Å². The van der Waals surface area contributed by atoms with Gasteiger partial charge in [-0.15, -0.1) is 0 Å². The van der Waals surface area contributed by atoms with Crippen LogP contribution >= 0.6 is 11.8 Å². The number of carbonyl (C=O) groups excluding carboxylic acids is 1. The van der Waals surface area contributed by atoms with Gasteiger partial charge in [0.05, 0.1) is 17.1 Å². The number of hydrogen-bond donors (Lipinski definition) is 2. The topological polar surface area (TPSA) is 61.0 Å². The van der Waals surface area contributed by atoms with E-state index in [4.69, 9.17) is 4.98 Å². The minimum Gasteiger partial charge on any atom is -0.358 e. The number of nitrogens with zero attached hydrogens (tertiary/aromatic N) is 2. The van der Waals surface area contributed by atoms with Crippen molar-refractivity contribution in [2.24, 2.45) is 0 Å². The zero-order chi connectivity index (χ0) is 21.9. The predicted octanol–water partition coefficient (Wildman–Crippen LogP) is 4.71. The molecule has 0 aliphatic carbocycles. The first kappa shape index (κ1) is 20.8. The molecular weight excluding hydrogens is 416 g/mol. The van der Waals surface area contributed by atoms with E-state index in [9.17, 15) is 4.79 Å². The third-order valence-corrected chi connectivity index (χ3v) is 7.10. The maximum Gasteiger partial charge on any atom is 0.237 e. The first-order chi connectivity index (χ1) is 15.7. The van der Waals surface area contributed by atoms with Gasteiger partial charge >= 0.3 is 0 Å². The molecular formula is C26H26N4OS. The number of rotatable bonds is 6. The lowest BCUT2D eigenvalue weighted by Crippen LogP contribution is -2.41. The summed E-state index contributed by atoms with van der Waals surface area (Å²) in [6.07, 6.45) is 0.809. The van der Waals surface area contributed by atoms with Gasteiger partial charge in [0.15, 0.2) is 5.16 Å². The minimum atomic E-state index is -0.129. The molecule has 1 amide bonds. The van der Waals surface area contributed by atoms with Crippen molar-refractivity contribution in [3.63, 3.8) is 0 Å². The molecule has 1 aliphatic heterocycles. The van der Waals surface area contributed by atoms with Crippen LogP contribution < -0.4 is 5.32 Å². The summed E-state index contributed by atoms with van der Waals surface area (Å²) in [5.74, 6) is 0.0820. The summed E-state index contributed by atoms with van der Waals surface area (Å²) in [5, 5.41) is 4.07. The number of hydrogen-bond acceptors (Lipinski definition) is 4. The number of H-pyrrole nitrogens is 1. The van der Waals surface area contributed by atoms with Crippen LogP contribution in [0.4, 0.5) is 0 Å².